The first-order valence-corrected chi connectivity index (χ1v) is 8.26. The topological polar surface area (TPSA) is 38.3 Å². The standard InChI is InChI=1S/C19H27NO2/c1-18(2)14-10-15(16(11-14)22-4)19(18,3)12-20-17(21)13-8-6-5-7-9-13/h5-9,14-16H,10-12H2,1-4H3,(H,20,21). The monoisotopic (exact) mass is 301 g/mol. The van der Waals surface area contributed by atoms with Crippen LogP contribution in [0.15, 0.2) is 30.3 Å². The number of ether oxygens (including phenoxy) is 1. The maximum absolute atomic E-state index is 12.4. The second-order valence-electron chi connectivity index (χ2n) is 7.74. The molecule has 22 heavy (non-hydrogen) atoms. The van der Waals surface area contributed by atoms with Crippen LogP contribution in [0.1, 0.15) is 44.0 Å². The third kappa shape index (κ3) is 2.18. The molecule has 2 bridgehead atoms. The van der Waals surface area contributed by atoms with E-state index in [1.165, 1.54) is 6.42 Å². The lowest BCUT2D eigenvalue weighted by atomic mass is 9.58. The molecule has 3 nitrogen and oxygen atoms in total. The molecule has 2 fully saturated rings. The van der Waals surface area contributed by atoms with Crippen LogP contribution in [0.4, 0.5) is 0 Å². The summed E-state index contributed by atoms with van der Waals surface area (Å²) < 4.78 is 5.71. The molecule has 2 aliphatic carbocycles. The molecule has 1 aromatic rings. The SMILES string of the molecule is COC1CC2CC1C(C)(CNC(=O)c1ccccc1)C2(C)C. The number of amides is 1. The summed E-state index contributed by atoms with van der Waals surface area (Å²) in [5.41, 5.74) is 1.05. The molecule has 3 rings (SSSR count). The van der Waals surface area contributed by atoms with Gasteiger partial charge in [0.15, 0.2) is 0 Å². The van der Waals surface area contributed by atoms with Crippen LogP contribution in [-0.2, 0) is 4.74 Å². The van der Waals surface area contributed by atoms with Crippen LogP contribution in [0.3, 0.4) is 0 Å². The van der Waals surface area contributed by atoms with Crippen molar-refractivity contribution in [2.24, 2.45) is 22.7 Å². The van der Waals surface area contributed by atoms with E-state index < -0.39 is 0 Å². The average molecular weight is 301 g/mol. The van der Waals surface area contributed by atoms with Gasteiger partial charge in [-0.2, -0.15) is 0 Å². The zero-order chi connectivity index (χ0) is 16.0. The number of carbonyl (C=O) groups excluding carboxylic acids is 1. The summed E-state index contributed by atoms with van der Waals surface area (Å²) in [4.78, 5) is 12.4. The summed E-state index contributed by atoms with van der Waals surface area (Å²) in [6, 6.07) is 9.46. The number of methoxy groups -OCH3 is 1. The van der Waals surface area contributed by atoms with E-state index in [1.54, 1.807) is 0 Å². The highest BCUT2D eigenvalue weighted by Crippen LogP contribution is 2.66. The van der Waals surface area contributed by atoms with Gasteiger partial charge in [-0.3, -0.25) is 4.79 Å². The van der Waals surface area contributed by atoms with Gasteiger partial charge >= 0.3 is 0 Å². The minimum atomic E-state index is 0.0226. The molecule has 2 saturated carbocycles. The van der Waals surface area contributed by atoms with E-state index in [-0.39, 0.29) is 16.7 Å². The van der Waals surface area contributed by atoms with Crippen molar-refractivity contribution < 1.29 is 9.53 Å². The molecule has 1 amide bonds. The van der Waals surface area contributed by atoms with Crippen molar-refractivity contribution in [3.05, 3.63) is 35.9 Å². The Balaban J connectivity index is 1.74. The fourth-order valence-corrected chi connectivity index (χ4v) is 4.78. The van der Waals surface area contributed by atoms with Crippen molar-refractivity contribution in [1.29, 1.82) is 0 Å². The summed E-state index contributed by atoms with van der Waals surface area (Å²) in [6.45, 7) is 7.76. The summed E-state index contributed by atoms with van der Waals surface area (Å²) in [7, 11) is 1.82. The van der Waals surface area contributed by atoms with Gasteiger partial charge in [0.05, 0.1) is 6.10 Å². The Morgan fingerprint density at radius 2 is 1.91 bits per heavy atom. The van der Waals surface area contributed by atoms with Crippen LogP contribution in [0.2, 0.25) is 0 Å². The van der Waals surface area contributed by atoms with Crippen LogP contribution in [0, 0.1) is 22.7 Å². The normalized spacial score (nSPS) is 35.5. The minimum absolute atomic E-state index is 0.0226. The number of hydrogen-bond acceptors (Lipinski definition) is 2. The first-order valence-electron chi connectivity index (χ1n) is 8.26. The lowest BCUT2D eigenvalue weighted by molar-refractivity contribution is -0.0652. The van der Waals surface area contributed by atoms with E-state index in [2.05, 4.69) is 26.1 Å². The van der Waals surface area contributed by atoms with Gasteiger partial charge in [-0.05, 0) is 47.6 Å². The smallest absolute Gasteiger partial charge is 0.251 e. The Hall–Kier alpha value is -1.35. The maximum atomic E-state index is 12.4. The van der Waals surface area contributed by atoms with Gasteiger partial charge in [-0.25, -0.2) is 0 Å². The number of nitrogens with one attached hydrogen (secondary N) is 1. The zero-order valence-corrected chi connectivity index (χ0v) is 14.1. The van der Waals surface area contributed by atoms with Gasteiger partial charge in [0.1, 0.15) is 0 Å². The second kappa shape index (κ2) is 5.38. The van der Waals surface area contributed by atoms with Gasteiger partial charge in [0.25, 0.3) is 5.91 Å². The number of rotatable bonds is 4. The fourth-order valence-electron chi connectivity index (χ4n) is 4.78. The third-order valence-corrected chi connectivity index (χ3v) is 6.77. The maximum Gasteiger partial charge on any atom is 0.251 e. The minimum Gasteiger partial charge on any atom is -0.381 e. The highest BCUT2D eigenvalue weighted by Gasteiger charge is 2.63. The molecule has 0 saturated heterocycles. The Morgan fingerprint density at radius 3 is 2.50 bits per heavy atom. The van der Waals surface area contributed by atoms with Crippen molar-refractivity contribution in [3.63, 3.8) is 0 Å². The number of hydrogen-bond donors (Lipinski definition) is 1. The summed E-state index contributed by atoms with van der Waals surface area (Å²) >= 11 is 0. The number of benzene rings is 1. The van der Waals surface area contributed by atoms with Gasteiger partial charge in [-0.15, -0.1) is 0 Å². The molecule has 4 atom stereocenters. The average Bonchev–Trinajstić information content (AvgIpc) is 3.04. The van der Waals surface area contributed by atoms with Gasteiger partial charge < -0.3 is 10.1 Å². The molecule has 0 aromatic heterocycles. The molecule has 0 spiro atoms. The van der Waals surface area contributed by atoms with E-state index in [0.29, 0.717) is 17.9 Å². The predicted octanol–water partition coefficient (Wildman–Crippen LogP) is 3.50. The van der Waals surface area contributed by atoms with E-state index in [4.69, 9.17) is 4.74 Å². The van der Waals surface area contributed by atoms with Crippen molar-refractivity contribution in [3.8, 4) is 0 Å². The molecule has 2 aliphatic rings. The van der Waals surface area contributed by atoms with E-state index in [0.717, 1.165) is 18.5 Å². The quantitative estimate of drug-likeness (QED) is 0.924. The third-order valence-electron chi connectivity index (χ3n) is 6.77. The molecule has 120 valence electrons. The molecular formula is C19H27NO2. The molecule has 1 N–H and O–H groups in total. The van der Waals surface area contributed by atoms with Crippen molar-refractivity contribution in [2.75, 3.05) is 13.7 Å². The van der Waals surface area contributed by atoms with E-state index in [1.807, 2.05) is 37.4 Å². The van der Waals surface area contributed by atoms with Gasteiger partial charge in [-0.1, -0.05) is 39.0 Å². The van der Waals surface area contributed by atoms with Crippen LogP contribution in [-0.4, -0.2) is 25.7 Å². The molecule has 0 aliphatic heterocycles. The van der Waals surface area contributed by atoms with Crippen molar-refractivity contribution in [1.82, 2.24) is 5.32 Å². The molecule has 0 heterocycles. The van der Waals surface area contributed by atoms with E-state index in [9.17, 15) is 4.79 Å². The largest absolute Gasteiger partial charge is 0.381 e. The Morgan fingerprint density at radius 1 is 1.23 bits per heavy atom. The van der Waals surface area contributed by atoms with Crippen molar-refractivity contribution >= 4 is 5.91 Å². The Bertz CT molecular complexity index is 554. The van der Waals surface area contributed by atoms with Gasteiger partial charge in [0, 0.05) is 19.2 Å². The number of fused-ring (bicyclic) bond motifs is 2. The highest BCUT2D eigenvalue weighted by molar-refractivity contribution is 5.94. The molecular weight excluding hydrogens is 274 g/mol. The van der Waals surface area contributed by atoms with Crippen LogP contribution in [0.25, 0.3) is 0 Å². The lowest BCUT2D eigenvalue weighted by Gasteiger charge is -2.50. The molecule has 1 aromatic carbocycles. The first kappa shape index (κ1) is 15.5. The summed E-state index contributed by atoms with van der Waals surface area (Å²) in [6.07, 6.45) is 2.73. The summed E-state index contributed by atoms with van der Waals surface area (Å²) in [5, 5.41) is 3.17. The van der Waals surface area contributed by atoms with Crippen molar-refractivity contribution in [2.45, 2.75) is 39.7 Å². The predicted molar refractivity (Wildman–Crippen MR) is 87.7 cm³/mol. The molecule has 3 heteroatoms. The fraction of sp³-hybridized carbons (Fsp3) is 0.632. The Labute approximate surface area is 133 Å². The summed E-state index contributed by atoms with van der Waals surface area (Å²) in [5.74, 6) is 1.25. The van der Waals surface area contributed by atoms with Crippen LogP contribution in [0.5, 0.6) is 0 Å². The molecule has 4 unspecified atom stereocenters. The van der Waals surface area contributed by atoms with Crippen LogP contribution >= 0.6 is 0 Å². The van der Waals surface area contributed by atoms with E-state index >= 15 is 0 Å². The molecule has 0 radical (unpaired) electrons. The first-order chi connectivity index (χ1) is 10.4. The lowest BCUT2D eigenvalue weighted by Crippen LogP contribution is -2.52. The highest BCUT2D eigenvalue weighted by atomic mass is 16.5. The van der Waals surface area contributed by atoms with Gasteiger partial charge in [0.2, 0.25) is 0 Å². The second-order valence-corrected chi connectivity index (χ2v) is 7.74. The zero-order valence-electron chi connectivity index (χ0n) is 14.1. The van der Waals surface area contributed by atoms with Crippen LogP contribution < -0.4 is 5.32 Å². The Kier molecular flexibility index (Phi) is 3.80. The number of carbonyl (C=O) groups is 1.